The van der Waals surface area contributed by atoms with Gasteiger partial charge in [-0.1, -0.05) is 62.9 Å². The van der Waals surface area contributed by atoms with Gasteiger partial charge in [0.2, 0.25) is 5.16 Å². The van der Waals surface area contributed by atoms with Crippen molar-refractivity contribution in [2.24, 2.45) is 0 Å². The Morgan fingerprint density at radius 2 is 1.81 bits per heavy atom. The zero-order chi connectivity index (χ0) is 19.0. The number of hydrogen-bond donors (Lipinski definition) is 1. The second-order valence-corrected chi connectivity index (χ2v) is 8.43. The molecule has 0 saturated heterocycles. The molecule has 0 fully saturated rings. The summed E-state index contributed by atoms with van der Waals surface area (Å²) in [7, 11) is 0. The van der Waals surface area contributed by atoms with E-state index < -0.39 is 0 Å². The van der Waals surface area contributed by atoms with E-state index in [0.717, 1.165) is 16.9 Å². The number of nitrogen functional groups attached to an aromatic ring is 1. The van der Waals surface area contributed by atoms with Crippen molar-refractivity contribution in [1.29, 1.82) is 0 Å². The molecule has 3 heterocycles. The topological polar surface area (TPSA) is 74.0 Å². The maximum absolute atomic E-state index is 6.24. The molecular formula is C20H22N6S. The number of imidazole rings is 1. The highest BCUT2D eigenvalue weighted by Gasteiger charge is 2.16. The Morgan fingerprint density at radius 1 is 1.04 bits per heavy atom. The van der Waals surface area contributed by atoms with Gasteiger partial charge in [0.25, 0.3) is 0 Å². The molecule has 1 aromatic carbocycles. The first-order valence-corrected chi connectivity index (χ1v) is 9.77. The van der Waals surface area contributed by atoms with Crippen LogP contribution >= 0.6 is 11.8 Å². The molecule has 0 spiro atoms. The average molecular weight is 379 g/mol. The lowest BCUT2D eigenvalue weighted by molar-refractivity contribution is 0.590. The van der Waals surface area contributed by atoms with Crippen molar-refractivity contribution < 1.29 is 0 Å². The second-order valence-electron chi connectivity index (χ2n) is 7.49. The zero-order valence-electron chi connectivity index (χ0n) is 15.6. The molecule has 6 nitrogen and oxygen atoms in total. The van der Waals surface area contributed by atoms with Gasteiger partial charge in [-0.05, 0) is 23.1 Å². The molecule has 0 aliphatic carbocycles. The van der Waals surface area contributed by atoms with Crippen LogP contribution in [0.3, 0.4) is 0 Å². The number of rotatable bonds is 4. The highest BCUT2D eigenvalue weighted by Crippen LogP contribution is 2.27. The van der Waals surface area contributed by atoms with Crippen LogP contribution in [0.4, 0.5) is 0 Å². The lowest BCUT2D eigenvalue weighted by Crippen LogP contribution is -2.12. The predicted octanol–water partition coefficient (Wildman–Crippen LogP) is 3.90. The molecule has 3 aromatic heterocycles. The third-order valence-corrected chi connectivity index (χ3v) is 5.41. The molecule has 0 saturated carbocycles. The Morgan fingerprint density at radius 3 is 2.52 bits per heavy atom. The molecule has 0 radical (unpaired) electrons. The van der Waals surface area contributed by atoms with Gasteiger partial charge in [-0.25, -0.2) is 9.66 Å². The van der Waals surface area contributed by atoms with Gasteiger partial charge in [-0.2, -0.15) is 0 Å². The lowest BCUT2D eigenvalue weighted by Gasteiger charge is -2.19. The first-order valence-electron chi connectivity index (χ1n) is 8.78. The molecule has 27 heavy (non-hydrogen) atoms. The average Bonchev–Trinajstić information content (AvgIpc) is 3.22. The van der Waals surface area contributed by atoms with Crippen molar-refractivity contribution in [3.63, 3.8) is 0 Å². The number of thioether (sulfide) groups is 1. The summed E-state index contributed by atoms with van der Waals surface area (Å²) < 4.78 is 3.55. The van der Waals surface area contributed by atoms with E-state index in [-0.39, 0.29) is 5.41 Å². The highest BCUT2D eigenvalue weighted by molar-refractivity contribution is 7.98. The number of pyridine rings is 1. The summed E-state index contributed by atoms with van der Waals surface area (Å²) in [4.78, 5) is 4.60. The number of fused-ring (bicyclic) bond motifs is 1. The summed E-state index contributed by atoms with van der Waals surface area (Å²) in [5.74, 6) is 7.58. The molecule has 2 N–H and O–H groups in total. The SMILES string of the molecule is CC(C)(C)c1ccc(-c2nnc(SCc3cn4ccccc4n3)n2N)cc1. The minimum atomic E-state index is 0.115. The number of nitrogens with two attached hydrogens (primary N) is 1. The van der Waals surface area contributed by atoms with E-state index in [9.17, 15) is 0 Å². The van der Waals surface area contributed by atoms with Crippen LogP contribution in [0.1, 0.15) is 32.0 Å². The Hall–Kier alpha value is -2.80. The van der Waals surface area contributed by atoms with E-state index in [0.29, 0.717) is 16.7 Å². The molecule has 0 atom stereocenters. The maximum Gasteiger partial charge on any atom is 0.210 e. The molecule has 0 aliphatic rings. The monoisotopic (exact) mass is 378 g/mol. The number of nitrogens with zero attached hydrogens (tertiary/aromatic N) is 5. The fourth-order valence-electron chi connectivity index (χ4n) is 2.89. The molecular weight excluding hydrogens is 356 g/mol. The van der Waals surface area contributed by atoms with Crippen molar-refractivity contribution in [1.82, 2.24) is 24.3 Å². The summed E-state index contributed by atoms with van der Waals surface area (Å²) in [6.07, 6.45) is 4.01. The van der Waals surface area contributed by atoms with E-state index in [1.807, 2.05) is 47.1 Å². The number of aromatic nitrogens is 5. The van der Waals surface area contributed by atoms with Gasteiger partial charge in [0.05, 0.1) is 5.69 Å². The molecule has 0 unspecified atom stereocenters. The first-order chi connectivity index (χ1) is 12.9. The quantitative estimate of drug-likeness (QED) is 0.431. The normalized spacial score (nSPS) is 12.0. The lowest BCUT2D eigenvalue weighted by atomic mass is 9.87. The maximum atomic E-state index is 6.24. The van der Waals surface area contributed by atoms with Crippen LogP contribution in [0, 0.1) is 0 Å². The number of hydrogen-bond acceptors (Lipinski definition) is 5. The van der Waals surface area contributed by atoms with Crippen LogP contribution < -0.4 is 5.84 Å². The van der Waals surface area contributed by atoms with Crippen LogP contribution in [0.5, 0.6) is 0 Å². The van der Waals surface area contributed by atoms with Gasteiger partial charge in [0.15, 0.2) is 5.82 Å². The zero-order valence-corrected chi connectivity index (χ0v) is 16.4. The second kappa shape index (κ2) is 6.74. The van der Waals surface area contributed by atoms with Gasteiger partial charge in [-0.3, -0.25) is 0 Å². The van der Waals surface area contributed by atoms with E-state index >= 15 is 0 Å². The molecule has 7 heteroatoms. The molecule has 4 rings (SSSR count). The highest BCUT2D eigenvalue weighted by atomic mass is 32.2. The Balaban J connectivity index is 1.51. The first kappa shape index (κ1) is 17.6. The van der Waals surface area contributed by atoms with Crippen molar-refractivity contribution in [2.75, 3.05) is 5.84 Å². The summed E-state index contributed by atoms with van der Waals surface area (Å²) in [6, 6.07) is 14.3. The van der Waals surface area contributed by atoms with Crippen LogP contribution in [-0.2, 0) is 11.2 Å². The third-order valence-electron chi connectivity index (χ3n) is 4.44. The summed E-state index contributed by atoms with van der Waals surface area (Å²) >= 11 is 1.53. The van der Waals surface area contributed by atoms with Crippen molar-refractivity contribution in [2.45, 2.75) is 37.1 Å². The van der Waals surface area contributed by atoms with E-state index in [2.05, 4.69) is 48.1 Å². The summed E-state index contributed by atoms with van der Waals surface area (Å²) in [5.41, 5.74) is 4.25. The Labute approximate surface area is 162 Å². The predicted molar refractivity (Wildman–Crippen MR) is 109 cm³/mol. The van der Waals surface area contributed by atoms with Crippen LogP contribution in [0.2, 0.25) is 0 Å². The largest absolute Gasteiger partial charge is 0.335 e. The fourth-order valence-corrected chi connectivity index (χ4v) is 3.63. The van der Waals surface area contributed by atoms with Crippen LogP contribution in [-0.4, -0.2) is 24.3 Å². The minimum Gasteiger partial charge on any atom is -0.335 e. The van der Waals surface area contributed by atoms with Gasteiger partial charge in [0, 0.05) is 23.7 Å². The van der Waals surface area contributed by atoms with Crippen molar-refractivity contribution in [3.05, 3.63) is 66.1 Å². The van der Waals surface area contributed by atoms with Gasteiger partial charge in [-0.15, -0.1) is 10.2 Å². The van der Waals surface area contributed by atoms with Crippen LogP contribution in [0.25, 0.3) is 17.0 Å². The Kier molecular flexibility index (Phi) is 4.39. The molecule has 138 valence electrons. The summed E-state index contributed by atoms with van der Waals surface area (Å²) in [6.45, 7) is 6.59. The van der Waals surface area contributed by atoms with Gasteiger partial charge < -0.3 is 10.2 Å². The van der Waals surface area contributed by atoms with E-state index in [1.54, 1.807) is 4.68 Å². The molecule has 0 amide bonds. The fraction of sp³-hybridized carbons (Fsp3) is 0.250. The third kappa shape index (κ3) is 3.55. The van der Waals surface area contributed by atoms with Gasteiger partial charge in [0.1, 0.15) is 5.65 Å². The minimum absolute atomic E-state index is 0.115. The number of benzene rings is 1. The Bertz CT molecular complexity index is 1040. The van der Waals surface area contributed by atoms with Crippen LogP contribution in [0.15, 0.2) is 60.0 Å². The molecule has 0 bridgehead atoms. The smallest absolute Gasteiger partial charge is 0.210 e. The van der Waals surface area contributed by atoms with Crippen molar-refractivity contribution in [3.8, 4) is 11.4 Å². The summed E-state index contributed by atoms with van der Waals surface area (Å²) in [5, 5.41) is 9.19. The van der Waals surface area contributed by atoms with E-state index in [4.69, 9.17) is 5.84 Å². The standard InChI is InChI=1S/C20H22N6S/c1-20(2,3)15-9-7-14(8-10-15)18-23-24-19(26(18)21)27-13-16-12-25-11-5-4-6-17(25)22-16/h4-12H,13,21H2,1-3H3. The molecule has 0 aliphatic heterocycles. The van der Waals surface area contributed by atoms with E-state index in [1.165, 1.54) is 17.3 Å². The van der Waals surface area contributed by atoms with Gasteiger partial charge >= 0.3 is 0 Å². The van der Waals surface area contributed by atoms with Crippen molar-refractivity contribution >= 4 is 17.4 Å². The molecule has 4 aromatic rings.